The molecule has 45 heavy (non-hydrogen) atoms. The molecule has 2 fully saturated rings. The van der Waals surface area contributed by atoms with Crippen molar-refractivity contribution in [2.45, 2.75) is 77.6 Å². The van der Waals surface area contributed by atoms with Crippen molar-refractivity contribution >= 4 is 28.4 Å². The van der Waals surface area contributed by atoms with Gasteiger partial charge in [-0.05, 0) is 66.6 Å². The molecule has 238 valence electrons. The molecule has 11 heteroatoms. The first-order valence-corrected chi connectivity index (χ1v) is 16.0. The molecular formula is C34H44N8O3. The summed E-state index contributed by atoms with van der Waals surface area (Å²) in [6, 6.07) is 9.15. The largest absolute Gasteiger partial charge is 0.462 e. The molecule has 11 nitrogen and oxygen atoms in total. The van der Waals surface area contributed by atoms with Gasteiger partial charge in [-0.15, -0.1) is 0 Å². The number of nitriles is 1. The highest BCUT2D eigenvalue weighted by Gasteiger charge is 2.36. The predicted molar refractivity (Wildman–Crippen MR) is 174 cm³/mol. The van der Waals surface area contributed by atoms with E-state index in [2.05, 4.69) is 57.9 Å². The number of hydrogen-bond acceptors (Lipinski definition) is 10. The Balaban J connectivity index is 1.31. The summed E-state index contributed by atoms with van der Waals surface area (Å²) in [4.78, 5) is 36.2. The number of hydrogen-bond donors (Lipinski definition) is 0. The Hall–Kier alpha value is -4.17. The van der Waals surface area contributed by atoms with Gasteiger partial charge in [0.15, 0.2) is 0 Å². The zero-order valence-corrected chi connectivity index (χ0v) is 27.1. The molecule has 2 atom stereocenters. The summed E-state index contributed by atoms with van der Waals surface area (Å²) in [5.41, 5.74) is 3.74. The second-order valence-electron chi connectivity index (χ2n) is 13.5. The van der Waals surface area contributed by atoms with E-state index < -0.39 is 5.60 Å². The number of ether oxygens (including phenoxy) is 2. The number of amides is 1. The minimum absolute atomic E-state index is 0.210. The lowest BCUT2D eigenvalue weighted by atomic mass is 10.0. The van der Waals surface area contributed by atoms with Crippen molar-refractivity contribution in [2.24, 2.45) is 0 Å². The maximum atomic E-state index is 13.1. The maximum absolute atomic E-state index is 13.1. The van der Waals surface area contributed by atoms with E-state index in [1.54, 1.807) is 4.90 Å². The standard InChI is InChI=1S/C34H44N8O3/c1-23-8-9-24-18-36-19-30(28(24)17-23)40-14-11-27-29(21-40)37-32(44-22-26-7-6-13-39(26)5)38-31(27)41-15-16-42(25(20-41)10-12-35)33(43)45-34(2,3)4/h8-9,17-19,25-26H,6-7,10-11,13-16,20-22H2,1-5H3/t25-,26-/m0/s1. The molecule has 0 aliphatic carbocycles. The smallest absolute Gasteiger partial charge is 0.410 e. The van der Waals surface area contributed by atoms with Crippen LogP contribution in [0.4, 0.5) is 16.3 Å². The first-order valence-electron chi connectivity index (χ1n) is 16.0. The van der Waals surface area contributed by atoms with Crippen molar-refractivity contribution in [3.05, 3.63) is 47.4 Å². The quantitative estimate of drug-likeness (QED) is 0.388. The van der Waals surface area contributed by atoms with E-state index in [4.69, 9.17) is 19.4 Å². The number of carbonyl (C=O) groups is 1. The number of benzene rings is 1. The van der Waals surface area contributed by atoms with E-state index in [0.29, 0.717) is 44.8 Å². The minimum Gasteiger partial charge on any atom is -0.462 e. The first-order chi connectivity index (χ1) is 21.6. The number of pyridine rings is 1. The van der Waals surface area contributed by atoms with Gasteiger partial charge in [0.1, 0.15) is 18.0 Å². The van der Waals surface area contributed by atoms with Crippen LogP contribution in [-0.4, -0.2) is 94.9 Å². The molecule has 0 saturated carbocycles. The summed E-state index contributed by atoms with van der Waals surface area (Å²) < 4.78 is 12.0. The zero-order chi connectivity index (χ0) is 31.7. The van der Waals surface area contributed by atoms with Crippen molar-refractivity contribution in [3.8, 4) is 12.1 Å². The molecule has 3 aliphatic rings. The van der Waals surface area contributed by atoms with E-state index in [-0.39, 0.29) is 18.6 Å². The second kappa shape index (κ2) is 12.7. The van der Waals surface area contributed by atoms with Crippen molar-refractivity contribution in [2.75, 3.05) is 56.2 Å². The number of rotatable bonds is 6. The number of aryl methyl sites for hydroxylation is 1. The molecule has 3 aromatic rings. The normalized spacial score (nSPS) is 20.7. The van der Waals surface area contributed by atoms with E-state index in [9.17, 15) is 10.1 Å². The van der Waals surface area contributed by atoms with Crippen LogP contribution in [0.5, 0.6) is 6.01 Å². The summed E-state index contributed by atoms with van der Waals surface area (Å²) in [5, 5.41) is 12.0. The van der Waals surface area contributed by atoms with Gasteiger partial charge in [0.2, 0.25) is 0 Å². The highest BCUT2D eigenvalue weighted by atomic mass is 16.6. The molecule has 0 N–H and O–H groups in total. The average Bonchev–Trinajstić information content (AvgIpc) is 3.42. The van der Waals surface area contributed by atoms with E-state index in [0.717, 1.165) is 60.5 Å². The van der Waals surface area contributed by atoms with Crippen molar-refractivity contribution in [1.82, 2.24) is 24.8 Å². The van der Waals surface area contributed by atoms with Gasteiger partial charge in [-0.1, -0.05) is 17.7 Å². The molecule has 0 radical (unpaired) electrons. The lowest BCUT2D eigenvalue weighted by molar-refractivity contribution is 0.0144. The fourth-order valence-electron chi connectivity index (χ4n) is 6.68. The SMILES string of the molecule is Cc1ccc2cncc(N3CCc4c(nc(OC[C@@H]5CCCN5C)nc4N4CCN(C(=O)OC(C)(C)C)[C@@H](CC#N)C4)C3)c2c1. The van der Waals surface area contributed by atoms with E-state index >= 15 is 0 Å². The van der Waals surface area contributed by atoms with Crippen LogP contribution < -0.4 is 14.5 Å². The Morgan fingerprint density at radius 3 is 2.69 bits per heavy atom. The van der Waals surface area contributed by atoms with Crippen LogP contribution >= 0.6 is 0 Å². The van der Waals surface area contributed by atoms with Crippen LogP contribution in [-0.2, 0) is 17.7 Å². The zero-order valence-electron chi connectivity index (χ0n) is 27.1. The molecule has 1 aromatic carbocycles. The molecule has 6 rings (SSSR count). The van der Waals surface area contributed by atoms with E-state index in [1.807, 2.05) is 33.2 Å². The molecule has 0 unspecified atom stereocenters. The van der Waals surface area contributed by atoms with Crippen LogP contribution in [0.2, 0.25) is 0 Å². The fourth-order valence-corrected chi connectivity index (χ4v) is 6.68. The van der Waals surface area contributed by atoms with E-state index in [1.165, 1.54) is 10.9 Å². The van der Waals surface area contributed by atoms with Crippen LogP contribution in [0.1, 0.15) is 56.9 Å². The third kappa shape index (κ3) is 6.76. The summed E-state index contributed by atoms with van der Waals surface area (Å²) in [6.45, 7) is 12.2. The van der Waals surface area contributed by atoms with Crippen molar-refractivity contribution in [3.63, 3.8) is 0 Å². The number of anilines is 2. The summed E-state index contributed by atoms with van der Waals surface area (Å²) >= 11 is 0. The van der Waals surface area contributed by atoms with Gasteiger partial charge in [0.05, 0.1) is 42.7 Å². The highest BCUT2D eigenvalue weighted by molar-refractivity contribution is 5.94. The molecule has 1 amide bonds. The number of likely N-dealkylation sites (tertiary alicyclic amines) is 1. The van der Waals surface area contributed by atoms with Crippen molar-refractivity contribution in [1.29, 1.82) is 5.26 Å². The van der Waals surface area contributed by atoms with Crippen LogP contribution in [0.25, 0.3) is 10.8 Å². The van der Waals surface area contributed by atoms with Gasteiger partial charge in [-0.2, -0.15) is 15.2 Å². The van der Waals surface area contributed by atoms with Gasteiger partial charge in [0, 0.05) is 54.8 Å². The van der Waals surface area contributed by atoms with Gasteiger partial charge < -0.3 is 29.1 Å². The molecule has 3 aliphatic heterocycles. The van der Waals surface area contributed by atoms with Gasteiger partial charge in [-0.25, -0.2) is 4.79 Å². The first kappa shape index (κ1) is 30.8. The van der Waals surface area contributed by atoms with Crippen LogP contribution in [0.15, 0.2) is 30.6 Å². The Bertz CT molecular complexity index is 1600. The molecule has 5 heterocycles. The topological polar surface area (TPSA) is 111 Å². The number of likely N-dealkylation sites (N-methyl/N-ethyl adjacent to an activating group) is 1. The van der Waals surface area contributed by atoms with Crippen LogP contribution in [0.3, 0.4) is 0 Å². The number of nitrogens with zero attached hydrogens (tertiary/aromatic N) is 8. The Morgan fingerprint density at radius 2 is 1.93 bits per heavy atom. The predicted octanol–water partition coefficient (Wildman–Crippen LogP) is 4.71. The van der Waals surface area contributed by atoms with Gasteiger partial charge in [-0.3, -0.25) is 4.98 Å². The highest BCUT2D eigenvalue weighted by Crippen LogP contribution is 2.35. The maximum Gasteiger partial charge on any atom is 0.410 e. The molecule has 2 aromatic heterocycles. The molecule has 0 bridgehead atoms. The monoisotopic (exact) mass is 612 g/mol. The summed E-state index contributed by atoms with van der Waals surface area (Å²) in [6.07, 6.45) is 6.71. The Morgan fingerprint density at radius 1 is 1.09 bits per heavy atom. The summed E-state index contributed by atoms with van der Waals surface area (Å²) in [7, 11) is 2.14. The molecular weight excluding hydrogens is 568 g/mol. The lowest BCUT2D eigenvalue weighted by Gasteiger charge is -2.42. The second-order valence-corrected chi connectivity index (χ2v) is 13.5. The minimum atomic E-state index is -0.610. The molecule has 2 saturated heterocycles. The lowest BCUT2D eigenvalue weighted by Crippen LogP contribution is -2.56. The number of fused-ring (bicyclic) bond motifs is 2. The average molecular weight is 613 g/mol. The summed E-state index contributed by atoms with van der Waals surface area (Å²) in [5.74, 6) is 0.841. The Labute approximate surface area is 265 Å². The third-order valence-corrected chi connectivity index (χ3v) is 9.07. The van der Waals surface area contributed by atoms with Gasteiger partial charge in [0.25, 0.3) is 0 Å². The number of carbonyl (C=O) groups excluding carboxylic acids is 1. The van der Waals surface area contributed by atoms with Crippen molar-refractivity contribution < 1.29 is 14.3 Å². The fraction of sp³-hybridized carbons (Fsp3) is 0.559. The Kier molecular flexibility index (Phi) is 8.69. The van der Waals surface area contributed by atoms with Crippen LogP contribution in [0, 0.1) is 18.3 Å². The number of piperazine rings is 1. The number of aromatic nitrogens is 3. The van der Waals surface area contributed by atoms with Gasteiger partial charge >= 0.3 is 12.1 Å². The third-order valence-electron chi connectivity index (χ3n) is 9.07. The molecule has 0 spiro atoms.